The maximum atomic E-state index is 12.1. The maximum Gasteiger partial charge on any atom is 0.194 e. The Hall–Kier alpha value is -0.470. The van der Waals surface area contributed by atoms with Gasteiger partial charge in [0.1, 0.15) is 0 Å². The first-order chi connectivity index (χ1) is 10.2. The van der Waals surface area contributed by atoms with E-state index in [1.807, 2.05) is 11.8 Å². The van der Waals surface area contributed by atoms with Gasteiger partial charge in [0.15, 0.2) is 15.8 Å². The third kappa shape index (κ3) is 3.89. The predicted molar refractivity (Wildman–Crippen MR) is 92.3 cm³/mol. The highest BCUT2D eigenvalue weighted by Crippen LogP contribution is 2.28. The zero-order chi connectivity index (χ0) is 16.4. The lowest BCUT2D eigenvalue weighted by molar-refractivity contribution is 0.0775. The van der Waals surface area contributed by atoms with Gasteiger partial charge in [-0.1, -0.05) is 0 Å². The zero-order valence-corrected chi connectivity index (χ0v) is 15.3. The molecular weight excluding hydrogens is 322 g/mol. The van der Waals surface area contributed by atoms with Gasteiger partial charge in [0.05, 0.1) is 22.6 Å². The highest BCUT2D eigenvalue weighted by atomic mass is 32.2. The summed E-state index contributed by atoms with van der Waals surface area (Å²) in [4.78, 5) is 6.57. The van der Waals surface area contributed by atoms with Crippen molar-refractivity contribution < 1.29 is 13.5 Å². The van der Waals surface area contributed by atoms with Crippen molar-refractivity contribution in [3.8, 4) is 0 Å². The second kappa shape index (κ2) is 6.57. The number of aliphatic hydroxyl groups is 1. The van der Waals surface area contributed by atoms with E-state index < -0.39 is 20.2 Å². The minimum Gasteiger partial charge on any atom is -0.387 e. The van der Waals surface area contributed by atoms with Crippen LogP contribution in [0.4, 0.5) is 0 Å². The van der Waals surface area contributed by atoms with Crippen LogP contribution in [0, 0.1) is 0 Å². The highest BCUT2D eigenvalue weighted by Gasteiger charge is 2.41. The molecule has 2 aliphatic rings. The molecule has 0 aromatic rings. The van der Waals surface area contributed by atoms with Crippen LogP contribution in [0.2, 0.25) is 0 Å². The first-order valence-corrected chi connectivity index (χ1v) is 10.6. The van der Waals surface area contributed by atoms with Crippen LogP contribution in [-0.2, 0) is 9.84 Å². The number of hydrogen-bond donors (Lipinski definition) is 2. The van der Waals surface area contributed by atoms with E-state index in [1.54, 1.807) is 25.6 Å². The second-order valence-electron chi connectivity index (χ2n) is 6.70. The highest BCUT2D eigenvalue weighted by molar-refractivity contribution is 7.99. The molecule has 6 nitrogen and oxygen atoms in total. The van der Waals surface area contributed by atoms with E-state index in [0.717, 1.165) is 24.5 Å². The van der Waals surface area contributed by atoms with Crippen LogP contribution in [-0.4, -0.2) is 78.2 Å². The average molecular weight is 350 g/mol. The monoisotopic (exact) mass is 349 g/mol. The van der Waals surface area contributed by atoms with E-state index in [1.165, 1.54) is 0 Å². The summed E-state index contributed by atoms with van der Waals surface area (Å²) in [5.41, 5.74) is -0.720. The van der Waals surface area contributed by atoms with Crippen LogP contribution in [0.15, 0.2) is 4.99 Å². The third-order valence-electron chi connectivity index (χ3n) is 4.28. The summed E-state index contributed by atoms with van der Waals surface area (Å²) < 4.78 is 23.5. The van der Waals surface area contributed by atoms with Gasteiger partial charge in [-0.25, -0.2) is 8.42 Å². The average Bonchev–Trinajstić information content (AvgIpc) is 2.85. The van der Waals surface area contributed by atoms with Crippen molar-refractivity contribution in [2.24, 2.45) is 4.99 Å². The molecule has 0 saturated carbocycles. The van der Waals surface area contributed by atoms with E-state index in [9.17, 15) is 13.5 Å². The van der Waals surface area contributed by atoms with Gasteiger partial charge in [-0.3, -0.25) is 4.99 Å². The summed E-state index contributed by atoms with van der Waals surface area (Å²) in [6.45, 7) is 7.47. The molecule has 0 radical (unpaired) electrons. The third-order valence-corrected chi connectivity index (χ3v) is 8.05. The Morgan fingerprint density at radius 3 is 2.73 bits per heavy atom. The Kier molecular flexibility index (Phi) is 5.34. The van der Waals surface area contributed by atoms with Gasteiger partial charge >= 0.3 is 0 Å². The molecule has 128 valence electrons. The second-order valence-corrected chi connectivity index (χ2v) is 10.5. The minimum atomic E-state index is -3.06. The smallest absolute Gasteiger partial charge is 0.194 e. The van der Waals surface area contributed by atoms with Crippen LogP contribution in [0.3, 0.4) is 0 Å². The van der Waals surface area contributed by atoms with Crippen LogP contribution in [0.25, 0.3) is 0 Å². The Balaban J connectivity index is 2.11. The largest absolute Gasteiger partial charge is 0.387 e. The van der Waals surface area contributed by atoms with Gasteiger partial charge in [0.2, 0.25) is 0 Å². The van der Waals surface area contributed by atoms with Crippen LogP contribution in [0.5, 0.6) is 0 Å². The van der Waals surface area contributed by atoms with Gasteiger partial charge < -0.3 is 15.3 Å². The standard InChI is InChI=1S/C14H27N3O3S2/c1-4-15-12(16-9-14(18)5-7-21-11-14)17-6-8-22(19,20)13(2,3)10-17/h18H,4-11H2,1-3H3,(H,15,16). The number of guanidine groups is 1. The number of thioether (sulfide) groups is 1. The molecule has 8 heteroatoms. The van der Waals surface area contributed by atoms with E-state index in [4.69, 9.17) is 0 Å². The molecule has 2 rings (SSSR count). The van der Waals surface area contributed by atoms with Gasteiger partial charge in [-0.2, -0.15) is 11.8 Å². The molecule has 0 aromatic carbocycles. The first-order valence-electron chi connectivity index (χ1n) is 7.75. The number of rotatable bonds is 3. The molecule has 0 aromatic heterocycles. The Labute approximate surface area is 137 Å². The summed E-state index contributed by atoms with van der Waals surface area (Å²) >= 11 is 1.75. The van der Waals surface area contributed by atoms with Crippen LogP contribution >= 0.6 is 11.8 Å². The number of hydrogen-bond acceptors (Lipinski definition) is 5. The normalized spacial score (nSPS) is 31.3. The molecule has 0 spiro atoms. The minimum absolute atomic E-state index is 0.143. The lowest BCUT2D eigenvalue weighted by atomic mass is 10.0. The van der Waals surface area contributed by atoms with Crippen LogP contribution < -0.4 is 5.32 Å². The van der Waals surface area contributed by atoms with E-state index in [-0.39, 0.29) is 5.75 Å². The fourth-order valence-corrected chi connectivity index (χ4v) is 5.34. The fraction of sp³-hybridized carbons (Fsp3) is 0.929. The van der Waals surface area contributed by atoms with Crippen molar-refractivity contribution in [1.82, 2.24) is 10.2 Å². The van der Waals surface area contributed by atoms with Crippen molar-refractivity contribution >= 4 is 27.6 Å². The maximum absolute atomic E-state index is 12.1. The summed E-state index contributed by atoms with van der Waals surface area (Å²) in [5, 5.41) is 13.6. The Morgan fingerprint density at radius 1 is 1.45 bits per heavy atom. The van der Waals surface area contributed by atoms with Crippen molar-refractivity contribution in [1.29, 1.82) is 0 Å². The molecule has 1 unspecified atom stereocenters. The van der Waals surface area contributed by atoms with Crippen molar-refractivity contribution in [2.75, 3.05) is 43.4 Å². The SMILES string of the molecule is CCNC(=NCC1(O)CCSC1)N1CCS(=O)(=O)C(C)(C)C1. The number of nitrogens with one attached hydrogen (secondary N) is 1. The van der Waals surface area contributed by atoms with Gasteiger partial charge in [0.25, 0.3) is 0 Å². The zero-order valence-electron chi connectivity index (χ0n) is 13.6. The molecule has 2 aliphatic heterocycles. The van der Waals surface area contributed by atoms with E-state index in [2.05, 4.69) is 10.3 Å². The van der Waals surface area contributed by atoms with E-state index >= 15 is 0 Å². The molecule has 22 heavy (non-hydrogen) atoms. The molecule has 2 fully saturated rings. The summed E-state index contributed by atoms with van der Waals surface area (Å²) in [7, 11) is -3.06. The topological polar surface area (TPSA) is 82.0 Å². The molecule has 2 saturated heterocycles. The summed E-state index contributed by atoms with van der Waals surface area (Å²) in [5.74, 6) is 2.54. The molecule has 1 atom stereocenters. The van der Waals surface area contributed by atoms with Crippen molar-refractivity contribution in [2.45, 2.75) is 37.5 Å². The van der Waals surface area contributed by atoms with Crippen molar-refractivity contribution in [3.63, 3.8) is 0 Å². The molecule has 0 aliphatic carbocycles. The molecular formula is C14H27N3O3S2. The van der Waals surface area contributed by atoms with Gasteiger partial charge in [-0.05, 0) is 32.9 Å². The van der Waals surface area contributed by atoms with Gasteiger partial charge in [-0.15, -0.1) is 0 Å². The fourth-order valence-electron chi connectivity index (χ4n) is 2.69. The predicted octanol–water partition coefficient (Wildman–Crippen LogP) is 0.329. The number of aliphatic imine (C=N–C) groups is 1. The number of nitrogens with zero attached hydrogens (tertiary/aromatic N) is 2. The van der Waals surface area contributed by atoms with Crippen molar-refractivity contribution in [3.05, 3.63) is 0 Å². The molecule has 2 N–H and O–H groups in total. The van der Waals surface area contributed by atoms with Crippen LogP contribution in [0.1, 0.15) is 27.2 Å². The molecule has 0 amide bonds. The summed E-state index contributed by atoms with van der Waals surface area (Å²) in [6, 6.07) is 0. The lowest BCUT2D eigenvalue weighted by Crippen LogP contribution is -2.57. The Morgan fingerprint density at radius 2 is 2.18 bits per heavy atom. The number of sulfone groups is 1. The molecule has 2 heterocycles. The lowest BCUT2D eigenvalue weighted by Gasteiger charge is -2.39. The summed E-state index contributed by atoms with van der Waals surface area (Å²) in [6.07, 6.45) is 0.764. The van der Waals surface area contributed by atoms with E-state index in [0.29, 0.717) is 25.6 Å². The van der Waals surface area contributed by atoms with Gasteiger partial charge in [0, 0.05) is 25.4 Å². The Bertz CT molecular complexity index is 525. The molecule has 0 bridgehead atoms. The first kappa shape index (κ1) is 17.9. The quantitative estimate of drug-likeness (QED) is 0.564.